The van der Waals surface area contributed by atoms with Crippen molar-refractivity contribution in [2.45, 2.75) is 71.1 Å². The Bertz CT molecular complexity index is 140. The van der Waals surface area contributed by atoms with Crippen LogP contribution in [0, 0.1) is 0 Å². The van der Waals surface area contributed by atoms with Gasteiger partial charge in [0.15, 0.2) is 0 Å². The summed E-state index contributed by atoms with van der Waals surface area (Å²) in [4.78, 5) is 0. The second-order valence-corrected chi connectivity index (χ2v) is 4.96. The first kappa shape index (κ1) is 15.0. The molecule has 0 aliphatic carbocycles. The highest BCUT2D eigenvalue weighted by atomic mass is 35.5. The van der Waals surface area contributed by atoms with Gasteiger partial charge in [-0.05, 0) is 26.2 Å². The summed E-state index contributed by atoms with van der Waals surface area (Å²) in [5, 5.41) is 0. The summed E-state index contributed by atoms with van der Waals surface area (Å²) in [6, 6.07) is 0. The van der Waals surface area contributed by atoms with E-state index in [2.05, 4.69) is 13.5 Å². The Labute approximate surface area is 101 Å². The molecule has 0 atom stereocenters. The van der Waals surface area contributed by atoms with Gasteiger partial charge < -0.3 is 0 Å². The van der Waals surface area contributed by atoms with E-state index >= 15 is 0 Å². The average molecular weight is 231 g/mol. The van der Waals surface area contributed by atoms with Crippen molar-refractivity contribution in [3.63, 3.8) is 0 Å². The second kappa shape index (κ2) is 12.1. The monoisotopic (exact) mass is 230 g/mol. The third kappa shape index (κ3) is 14.0. The Kier molecular flexibility index (Phi) is 12.1. The average Bonchev–Trinajstić information content (AvgIpc) is 2.20. The molecule has 0 rings (SSSR count). The van der Waals surface area contributed by atoms with E-state index in [1.807, 2.05) is 0 Å². The molecular formula is C14H27Cl. The van der Waals surface area contributed by atoms with Crippen molar-refractivity contribution in [3.8, 4) is 0 Å². The molecule has 0 unspecified atom stereocenters. The second-order valence-electron chi connectivity index (χ2n) is 4.58. The van der Waals surface area contributed by atoms with Crippen molar-refractivity contribution < 1.29 is 0 Å². The first-order valence-corrected chi connectivity index (χ1v) is 7.01. The molecule has 0 aromatic heterocycles. The van der Waals surface area contributed by atoms with Crippen LogP contribution in [0.15, 0.2) is 12.2 Å². The van der Waals surface area contributed by atoms with E-state index in [1.165, 1.54) is 69.8 Å². The Hall–Kier alpha value is 0.0300. The fraction of sp³-hybridized carbons (Fsp3) is 0.857. The highest BCUT2D eigenvalue weighted by Crippen LogP contribution is 2.12. The van der Waals surface area contributed by atoms with Crippen molar-refractivity contribution >= 4 is 11.6 Å². The zero-order valence-electron chi connectivity index (χ0n) is 10.4. The Morgan fingerprint density at radius 2 is 1.20 bits per heavy atom. The van der Waals surface area contributed by atoms with Gasteiger partial charge in [0.05, 0.1) is 0 Å². The van der Waals surface area contributed by atoms with E-state index < -0.39 is 0 Å². The van der Waals surface area contributed by atoms with Crippen LogP contribution in [0.3, 0.4) is 0 Å². The molecule has 0 aromatic rings. The Morgan fingerprint density at radius 1 is 0.800 bits per heavy atom. The lowest BCUT2D eigenvalue weighted by Crippen LogP contribution is -1.83. The minimum atomic E-state index is 0.834. The lowest BCUT2D eigenvalue weighted by atomic mass is 10.1. The van der Waals surface area contributed by atoms with Gasteiger partial charge in [-0.2, -0.15) is 0 Å². The summed E-state index contributed by atoms with van der Waals surface area (Å²) in [7, 11) is 0. The summed E-state index contributed by atoms with van der Waals surface area (Å²) in [6.07, 6.45) is 13.5. The number of alkyl halides is 1. The molecule has 0 fully saturated rings. The van der Waals surface area contributed by atoms with Crippen LogP contribution in [0.1, 0.15) is 71.1 Å². The van der Waals surface area contributed by atoms with Crippen molar-refractivity contribution in [2.24, 2.45) is 0 Å². The zero-order chi connectivity index (χ0) is 11.4. The molecule has 0 amide bonds. The van der Waals surface area contributed by atoms with Crippen LogP contribution in [0.25, 0.3) is 0 Å². The third-order valence-electron chi connectivity index (χ3n) is 2.74. The van der Waals surface area contributed by atoms with Crippen LogP contribution in [0.5, 0.6) is 0 Å². The van der Waals surface area contributed by atoms with Gasteiger partial charge in [0.25, 0.3) is 0 Å². The van der Waals surface area contributed by atoms with E-state index in [0.29, 0.717) is 0 Å². The van der Waals surface area contributed by atoms with Gasteiger partial charge in [-0.15, -0.1) is 18.2 Å². The first-order chi connectivity index (χ1) is 7.27. The van der Waals surface area contributed by atoms with Gasteiger partial charge in [-0.3, -0.25) is 0 Å². The van der Waals surface area contributed by atoms with Gasteiger partial charge in [-0.25, -0.2) is 0 Å². The van der Waals surface area contributed by atoms with E-state index in [4.69, 9.17) is 11.6 Å². The van der Waals surface area contributed by atoms with E-state index in [1.54, 1.807) is 0 Å². The van der Waals surface area contributed by atoms with Gasteiger partial charge in [-0.1, -0.05) is 50.5 Å². The first-order valence-electron chi connectivity index (χ1n) is 6.47. The maximum Gasteiger partial charge on any atom is 0.0223 e. The summed E-state index contributed by atoms with van der Waals surface area (Å²) < 4.78 is 0. The van der Waals surface area contributed by atoms with Crippen LogP contribution in [0.2, 0.25) is 0 Å². The number of unbranched alkanes of at least 4 members (excludes halogenated alkanes) is 8. The summed E-state index contributed by atoms with van der Waals surface area (Å²) >= 11 is 5.62. The smallest absolute Gasteiger partial charge is 0.0223 e. The largest absolute Gasteiger partial charge is 0.127 e. The molecule has 0 saturated carbocycles. The number of halogens is 1. The van der Waals surface area contributed by atoms with Crippen molar-refractivity contribution in [2.75, 3.05) is 5.88 Å². The van der Waals surface area contributed by atoms with Crippen LogP contribution in [-0.4, -0.2) is 5.88 Å². The minimum Gasteiger partial charge on any atom is -0.127 e. The molecule has 0 aliphatic rings. The molecule has 0 heterocycles. The van der Waals surface area contributed by atoms with Gasteiger partial charge in [0, 0.05) is 5.88 Å². The van der Waals surface area contributed by atoms with Gasteiger partial charge in [0.2, 0.25) is 0 Å². The third-order valence-corrected chi connectivity index (χ3v) is 3.00. The fourth-order valence-corrected chi connectivity index (χ4v) is 1.95. The number of rotatable bonds is 11. The zero-order valence-corrected chi connectivity index (χ0v) is 11.1. The van der Waals surface area contributed by atoms with Gasteiger partial charge >= 0.3 is 0 Å². The maximum atomic E-state index is 5.62. The summed E-state index contributed by atoms with van der Waals surface area (Å²) in [6.45, 7) is 6.04. The Morgan fingerprint density at radius 3 is 1.60 bits per heavy atom. The van der Waals surface area contributed by atoms with E-state index in [9.17, 15) is 0 Å². The molecule has 0 aromatic carbocycles. The van der Waals surface area contributed by atoms with E-state index in [0.717, 1.165) is 5.88 Å². The maximum absolute atomic E-state index is 5.62. The fourth-order valence-electron chi connectivity index (χ4n) is 1.76. The molecule has 1 heteroatoms. The standard InChI is InChI=1S/C14H27Cl/c1-14(2)12-10-8-6-4-3-5-7-9-11-13-15/h1,3-13H2,2H3. The lowest BCUT2D eigenvalue weighted by Gasteiger charge is -2.02. The quantitative estimate of drug-likeness (QED) is 0.243. The summed E-state index contributed by atoms with van der Waals surface area (Å²) in [5.74, 6) is 0.834. The highest BCUT2D eigenvalue weighted by molar-refractivity contribution is 6.17. The van der Waals surface area contributed by atoms with Crippen molar-refractivity contribution in [1.29, 1.82) is 0 Å². The molecule has 15 heavy (non-hydrogen) atoms. The molecule has 90 valence electrons. The number of allylic oxidation sites excluding steroid dienone is 1. The van der Waals surface area contributed by atoms with Crippen molar-refractivity contribution in [3.05, 3.63) is 12.2 Å². The van der Waals surface area contributed by atoms with Crippen LogP contribution >= 0.6 is 11.6 Å². The lowest BCUT2D eigenvalue weighted by molar-refractivity contribution is 0.565. The topological polar surface area (TPSA) is 0 Å². The predicted octanol–water partition coefficient (Wildman–Crippen LogP) is 5.70. The SMILES string of the molecule is C=C(C)CCCCCCCCCCCCl. The summed E-state index contributed by atoms with van der Waals surface area (Å²) in [5.41, 5.74) is 1.33. The number of hydrogen-bond acceptors (Lipinski definition) is 0. The molecule has 0 aliphatic heterocycles. The molecule has 0 saturated heterocycles. The molecule has 0 spiro atoms. The normalized spacial score (nSPS) is 10.5. The minimum absolute atomic E-state index is 0.834. The van der Waals surface area contributed by atoms with Crippen LogP contribution in [0.4, 0.5) is 0 Å². The van der Waals surface area contributed by atoms with E-state index in [-0.39, 0.29) is 0 Å². The van der Waals surface area contributed by atoms with Crippen LogP contribution < -0.4 is 0 Å². The molecular weight excluding hydrogens is 204 g/mol. The highest BCUT2D eigenvalue weighted by Gasteiger charge is 1.92. The molecule has 0 radical (unpaired) electrons. The molecule has 0 bridgehead atoms. The van der Waals surface area contributed by atoms with Crippen molar-refractivity contribution in [1.82, 2.24) is 0 Å². The van der Waals surface area contributed by atoms with Crippen LogP contribution in [-0.2, 0) is 0 Å². The molecule has 0 nitrogen and oxygen atoms in total. The Balaban J connectivity index is 2.89. The number of hydrogen-bond donors (Lipinski definition) is 0. The predicted molar refractivity (Wildman–Crippen MR) is 71.7 cm³/mol. The molecule has 0 N–H and O–H groups in total. The van der Waals surface area contributed by atoms with Gasteiger partial charge in [0.1, 0.15) is 0 Å².